The number of aryl methyl sites for hydroxylation is 1. The van der Waals surface area contributed by atoms with E-state index < -0.39 is 0 Å². The second-order valence-electron chi connectivity index (χ2n) is 5.92. The maximum absolute atomic E-state index is 4.92. The van der Waals surface area contributed by atoms with E-state index in [2.05, 4.69) is 36.0 Å². The van der Waals surface area contributed by atoms with E-state index in [1.54, 1.807) is 0 Å². The van der Waals surface area contributed by atoms with Crippen LogP contribution < -0.4 is 10.2 Å². The number of rotatable bonds is 7. The van der Waals surface area contributed by atoms with Crippen LogP contribution in [0.1, 0.15) is 43.7 Å². The first-order valence-corrected chi connectivity index (χ1v) is 9.09. The number of nitrogens with one attached hydrogen (secondary N) is 1. The van der Waals surface area contributed by atoms with Gasteiger partial charge in [-0.25, -0.2) is 4.98 Å². The van der Waals surface area contributed by atoms with E-state index in [1.165, 1.54) is 54.6 Å². The smallest absolute Gasteiger partial charge is 0.185 e. The third-order valence-corrected chi connectivity index (χ3v) is 5.63. The van der Waals surface area contributed by atoms with Gasteiger partial charge in [-0.05, 0) is 32.9 Å². The van der Waals surface area contributed by atoms with Gasteiger partial charge in [0.15, 0.2) is 5.13 Å². The van der Waals surface area contributed by atoms with E-state index >= 15 is 0 Å². The van der Waals surface area contributed by atoms with Crippen LogP contribution in [0, 0.1) is 0 Å². The van der Waals surface area contributed by atoms with Crippen LogP contribution in [0.2, 0.25) is 0 Å². The van der Waals surface area contributed by atoms with Crippen molar-refractivity contribution in [1.82, 2.24) is 15.2 Å². The molecule has 1 aliphatic heterocycles. The van der Waals surface area contributed by atoms with Gasteiger partial charge in [0.25, 0.3) is 0 Å². The molecule has 1 aromatic rings. The highest BCUT2D eigenvalue weighted by atomic mass is 32.1. The summed E-state index contributed by atoms with van der Waals surface area (Å²) in [6.07, 6.45) is 4.77. The van der Waals surface area contributed by atoms with Gasteiger partial charge in [0.05, 0.1) is 5.69 Å². The van der Waals surface area contributed by atoms with Crippen molar-refractivity contribution in [3.63, 3.8) is 0 Å². The normalized spacial score (nSPS) is 17.3. The predicted molar refractivity (Wildman–Crippen MR) is 92.4 cm³/mol. The molecule has 1 aliphatic rings. The summed E-state index contributed by atoms with van der Waals surface area (Å²) in [5.74, 6) is 0. The quantitative estimate of drug-likeness (QED) is 0.839. The van der Waals surface area contributed by atoms with Gasteiger partial charge in [0.2, 0.25) is 0 Å². The molecule has 2 heterocycles. The first-order valence-electron chi connectivity index (χ1n) is 8.27. The Balaban J connectivity index is 2.04. The molecule has 0 spiro atoms. The number of anilines is 1. The lowest BCUT2D eigenvalue weighted by atomic mass is 10.0. The van der Waals surface area contributed by atoms with Crippen LogP contribution >= 0.6 is 11.3 Å². The molecule has 0 aromatic carbocycles. The number of hydrogen-bond donors (Lipinski definition) is 1. The Morgan fingerprint density at radius 1 is 1.33 bits per heavy atom. The molecule has 0 atom stereocenters. The number of piperidine rings is 1. The van der Waals surface area contributed by atoms with E-state index in [1.807, 2.05) is 18.4 Å². The molecule has 0 amide bonds. The van der Waals surface area contributed by atoms with Gasteiger partial charge in [-0.2, -0.15) is 0 Å². The first kappa shape index (κ1) is 16.7. The zero-order chi connectivity index (χ0) is 15.2. The van der Waals surface area contributed by atoms with Crippen LogP contribution in [0.4, 0.5) is 5.13 Å². The van der Waals surface area contributed by atoms with E-state index in [9.17, 15) is 0 Å². The van der Waals surface area contributed by atoms with Crippen LogP contribution in [0.5, 0.6) is 0 Å². The molecule has 1 saturated heterocycles. The van der Waals surface area contributed by atoms with Crippen LogP contribution in [0.3, 0.4) is 0 Å². The first-order chi connectivity index (χ1) is 10.2. The van der Waals surface area contributed by atoms with E-state index in [0.29, 0.717) is 6.04 Å². The molecule has 120 valence electrons. The summed E-state index contributed by atoms with van der Waals surface area (Å²) in [7, 11) is 4.24. The summed E-state index contributed by atoms with van der Waals surface area (Å²) in [6.45, 7) is 9.05. The summed E-state index contributed by atoms with van der Waals surface area (Å²) >= 11 is 1.87. The van der Waals surface area contributed by atoms with Crippen molar-refractivity contribution in [1.29, 1.82) is 0 Å². The molecule has 21 heavy (non-hydrogen) atoms. The molecule has 0 unspecified atom stereocenters. The average Bonchev–Trinajstić information content (AvgIpc) is 2.90. The zero-order valence-corrected chi connectivity index (χ0v) is 14.8. The molecular weight excluding hydrogens is 280 g/mol. The number of hydrogen-bond acceptors (Lipinski definition) is 5. The molecule has 0 bridgehead atoms. The van der Waals surface area contributed by atoms with Crippen molar-refractivity contribution in [2.24, 2.45) is 0 Å². The van der Waals surface area contributed by atoms with Gasteiger partial charge in [0, 0.05) is 37.6 Å². The highest BCUT2D eigenvalue weighted by Gasteiger charge is 2.24. The van der Waals surface area contributed by atoms with E-state index in [0.717, 1.165) is 13.0 Å². The van der Waals surface area contributed by atoms with Crippen molar-refractivity contribution < 1.29 is 0 Å². The average molecular weight is 311 g/mol. The highest BCUT2D eigenvalue weighted by molar-refractivity contribution is 7.15. The number of nitrogens with zero attached hydrogens (tertiary/aromatic N) is 3. The molecule has 0 saturated carbocycles. The van der Waals surface area contributed by atoms with Gasteiger partial charge in [0.1, 0.15) is 0 Å². The van der Waals surface area contributed by atoms with Crippen LogP contribution in [0.15, 0.2) is 0 Å². The standard InChI is InChI=1S/C16H30N4S/c1-5-7-14-15(12-17-3)21-16(18-14)19(4)13-8-10-20(6-2)11-9-13/h13,17H,5-12H2,1-4H3. The topological polar surface area (TPSA) is 31.4 Å². The van der Waals surface area contributed by atoms with Gasteiger partial charge < -0.3 is 15.1 Å². The predicted octanol–water partition coefficient (Wildman–Crippen LogP) is 2.74. The number of thiazole rings is 1. The second kappa shape index (κ2) is 8.11. The number of likely N-dealkylation sites (tertiary alicyclic amines) is 1. The second-order valence-corrected chi connectivity index (χ2v) is 6.99. The van der Waals surface area contributed by atoms with Crippen molar-refractivity contribution in [3.8, 4) is 0 Å². The summed E-state index contributed by atoms with van der Waals surface area (Å²) in [5, 5.41) is 4.48. The molecule has 0 radical (unpaired) electrons. The van der Waals surface area contributed by atoms with Gasteiger partial charge in [-0.15, -0.1) is 11.3 Å². The van der Waals surface area contributed by atoms with Gasteiger partial charge in [-0.3, -0.25) is 0 Å². The molecule has 1 N–H and O–H groups in total. The zero-order valence-electron chi connectivity index (χ0n) is 14.0. The lowest BCUT2D eigenvalue weighted by Gasteiger charge is -2.36. The molecule has 5 heteroatoms. The Bertz CT molecular complexity index is 400. The Hall–Kier alpha value is -0.650. The fourth-order valence-electron chi connectivity index (χ4n) is 3.03. The minimum atomic E-state index is 0.649. The van der Waals surface area contributed by atoms with Crippen LogP contribution in [-0.2, 0) is 13.0 Å². The molecule has 4 nitrogen and oxygen atoms in total. The molecular formula is C16H30N4S. The summed E-state index contributed by atoms with van der Waals surface area (Å²) < 4.78 is 0. The van der Waals surface area contributed by atoms with E-state index in [4.69, 9.17) is 4.98 Å². The minimum absolute atomic E-state index is 0.649. The summed E-state index contributed by atoms with van der Waals surface area (Å²) in [6, 6.07) is 0.649. The fraction of sp³-hybridized carbons (Fsp3) is 0.812. The summed E-state index contributed by atoms with van der Waals surface area (Å²) in [4.78, 5) is 11.3. The van der Waals surface area contributed by atoms with Crippen molar-refractivity contribution in [3.05, 3.63) is 10.6 Å². The van der Waals surface area contributed by atoms with Crippen molar-refractivity contribution in [2.45, 2.75) is 52.1 Å². The molecule has 0 aliphatic carbocycles. The fourth-order valence-corrected chi connectivity index (χ4v) is 4.18. The third kappa shape index (κ3) is 4.18. The lowest BCUT2D eigenvalue weighted by Crippen LogP contribution is -2.43. The third-order valence-electron chi connectivity index (χ3n) is 4.44. The molecule has 1 aromatic heterocycles. The molecule has 2 rings (SSSR count). The van der Waals surface area contributed by atoms with E-state index in [-0.39, 0.29) is 0 Å². The van der Waals surface area contributed by atoms with Gasteiger partial charge in [-0.1, -0.05) is 20.3 Å². The maximum Gasteiger partial charge on any atom is 0.185 e. The Labute approximate surface area is 133 Å². The Morgan fingerprint density at radius 3 is 2.62 bits per heavy atom. The lowest BCUT2D eigenvalue weighted by molar-refractivity contribution is 0.221. The monoisotopic (exact) mass is 310 g/mol. The Morgan fingerprint density at radius 2 is 2.05 bits per heavy atom. The largest absolute Gasteiger partial charge is 0.348 e. The molecule has 1 fully saturated rings. The van der Waals surface area contributed by atoms with Gasteiger partial charge >= 0.3 is 0 Å². The maximum atomic E-state index is 4.92. The van der Waals surface area contributed by atoms with Crippen LogP contribution in [-0.4, -0.2) is 49.7 Å². The van der Waals surface area contributed by atoms with Crippen molar-refractivity contribution in [2.75, 3.05) is 38.6 Å². The SMILES string of the molecule is CCCc1nc(N(C)C2CCN(CC)CC2)sc1CNC. The summed E-state index contributed by atoms with van der Waals surface area (Å²) in [5.41, 5.74) is 1.30. The minimum Gasteiger partial charge on any atom is -0.348 e. The van der Waals surface area contributed by atoms with Crippen LogP contribution in [0.25, 0.3) is 0 Å². The van der Waals surface area contributed by atoms with Crippen molar-refractivity contribution >= 4 is 16.5 Å². The Kier molecular flexibility index (Phi) is 6.45. The highest BCUT2D eigenvalue weighted by Crippen LogP contribution is 2.30. The number of aromatic nitrogens is 1.